The van der Waals surface area contributed by atoms with Gasteiger partial charge in [-0.05, 0) is 25.5 Å². The zero-order valence-corrected chi connectivity index (χ0v) is 9.95. The van der Waals surface area contributed by atoms with Gasteiger partial charge in [0.05, 0.1) is 12.3 Å². The molecule has 0 saturated heterocycles. The third kappa shape index (κ3) is 3.98. The highest BCUT2D eigenvalue weighted by molar-refractivity contribution is 5.61. The summed E-state index contributed by atoms with van der Waals surface area (Å²) < 4.78 is 10.4. The molecule has 1 rings (SSSR count). The second kappa shape index (κ2) is 6.95. The fraction of sp³-hybridized carbons (Fsp3) is 0.500. The van der Waals surface area contributed by atoms with Crippen LogP contribution < -0.4 is 15.8 Å². The molecule has 0 spiro atoms. The van der Waals surface area contributed by atoms with Crippen LogP contribution in [0.25, 0.3) is 0 Å². The lowest BCUT2D eigenvalue weighted by molar-refractivity contribution is 0.198. The first-order valence-corrected chi connectivity index (χ1v) is 5.53. The van der Waals surface area contributed by atoms with Gasteiger partial charge < -0.3 is 20.5 Å². The summed E-state index contributed by atoms with van der Waals surface area (Å²) >= 11 is 0. The summed E-state index contributed by atoms with van der Waals surface area (Å²) in [7, 11) is 1.70. The first-order valence-electron chi connectivity index (χ1n) is 5.53. The predicted molar refractivity (Wildman–Crippen MR) is 67.0 cm³/mol. The molecule has 4 nitrogen and oxygen atoms in total. The number of anilines is 2. The van der Waals surface area contributed by atoms with Crippen LogP contribution in [0.2, 0.25) is 0 Å². The molecule has 0 heterocycles. The van der Waals surface area contributed by atoms with Crippen LogP contribution in [0.15, 0.2) is 18.2 Å². The van der Waals surface area contributed by atoms with Crippen molar-refractivity contribution in [2.75, 3.05) is 37.9 Å². The van der Waals surface area contributed by atoms with Gasteiger partial charge in [-0.2, -0.15) is 0 Å². The summed E-state index contributed by atoms with van der Waals surface area (Å²) in [6, 6.07) is 5.72. The number of hydrogen-bond acceptors (Lipinski definition) is 4. The van der Waals surface area contributed by atoms with E-state index in [9.17, 15) is 0 Å². The number of methoxy groups -OCH3 is 1. The van der Waals surface area contributed by atoms with Crippen molar-refractivity contribution >= 4 is 11.4 Å². The number of nitrogen functional groups attached to an aromatic ring is 1. The second-order valence-electron chi connectivity index (χ2n) is 3.46. The van der Waals surface area contributed by atoms with Gasteiger partial charge in [0.1, 0.15) is 5.75 Å². The van der Waals surface area contributed by atoms with E-state index >= 15 is 0 Å². The molecule has 0 aliphatic carbocycles. The quantitative estimate of drug-likeness (QED) is 0.550. The average Bonchev–Trinajstić information content (AvgIpc) is 2.29. The Morgan fingerprint density at radius 3 is 2.88 bits per heavy atom. The Balaban J connectivity index is 2.50. The average molecular weight is 224 g/mol. The molecular weight excluding hydrogens is 204 g/mol. The number of nitrogens with two attached hydrogens (primary N) is 1. The van der Waals surface area contributed by atoms with E-state index in [1.165, 1.54) is 0 Å². The lowest BCUT2D eigenvalue weighted by Gasteiger charge is -2.10. The summed E-state index contributed by atoms with van der Waals surface area (Å²) in [6.07, 6.45) is 0.977. The van der Waals surface area contributed by atoms with E-state index < -0.39 is 0 Å². The zero-order valence-electron chi connectivity index (χ0n) is 9.95. The fourth-order valence-corrected chi connectivity index (χ4v) is 1.37. The molecule has 0 radical (unpaired) electrons. The van der Waals surface area contributed by atoms with Gasteiger partial charge in [-0.3, -0.25) is 0 Å². The summed E-state index contributed by atoms with van der Waals surface area (Å²) in [5.41, 5.74) is 7.47. The monoisotopic (exact) mass is 224 g/mol. The van der Waals surface area contributed by atoms with E-state index in [2.05, 4.69) is 5.32 Å². The van der Waals surface area contributed by atoms with Gasteiger partial charge in [-0.25, -0.2) is 0 Å². The molecule has 1 aromatic rings. The smallest absolute Gasteiger partial charge is 0.144 e. The van der Waals surface area contributed by atoms with Gasteiger partial charge >= 0.3 is 0 Å². The van der Waals surface area contributed by atoms with Crippen molar-refractivity contribution in [3.63, 3.8) is 0 Å². The summed E-state index contributed by atoms with van der Waals surface area (Å²) in [5.74, 6) is 0.735. The lowest BCUT2D eigenvalue weighted by Crippen LogP contribution is -2.05. The van der Waals surface area contributed by atoms with E-state index in [-0.39, 0.29) is 0 Å². The Hall–Kier alpha value is -1.42. The molecular formula is C12H20N2O2. The van der Waals surface area contributed by atoms with Crippen molar-refractivity contribution in [3.8, 4) is 5.75 Å². The van der Waals surface area contributed by atoms with Gasteiger partial charge in [0, 0.05) is 32.0 Å². The molecule has 4 heteroatoms. The molecule has 0 saturated carbocycles. The molecule has 90 valence electrons. The van der Waals surface area contributed by atoms with Crippen molar-refractivity contribution in [1.82, 2.24) is 0 Å². The van der Waals surface area contributed by atoms with Crippen molar-refractivity contribution < 1.29 is 9.47 Å². The highest BCUT2D eigenvalue weighted by atomic mass is 16.5. The van der Waals surface area contributed by atoms with Crippen LogP contribution in [-0.4, -0.2) is 26.9 Å². The van der Waals surface area contributed by atoms with Crippen LogP contribution in [0, 0.1) is 0 Å². The molecule has 0 fully saturated rings. The largest absolute Gasteiger partial charge is 0.492 e. The van der Waals surface area contributed by atoms with Crippen LogP contribution in [0.1, 0.15) is 13.3 Å². The van der Waals surface area contributed by atoms with Gasteiger partial charge in [0.25, 0.3) is 0 Å². The van der Waals surface area contributed by atoms with E-state index in [4.69, 9.17) is 15.2 Å². The molecule has 16 heavy (non-hydrogen) atoms. The summed E-state index contributed by atoms with van der Waals surface area (Å²) in [4.78, 5) is 0. The van der Waals surface area contributed by atoms with E-state index in [0.717, 1.165) is 31.0 Å². The Labute approximate surface area is 96.7 Å². The van der Waals surface area contributed by atoms with Crippen molar-refractivity contribution in [1.29, 1.82) is 0 Å². The SMILES string of the molecule is CCOc1cc(NCCCOC)ccc1N. The Kier molecular flexibility index (Phi) is 5.50. The van der Waals surface area contributed by atoms with Crippen LogP contribution in [0.5, 0.6) is 5.75 Å². The third-order valence-corrected chi connectivity index (χ3v) is 2.17. The molecule has 1 aromatic carbocycles. The van der Waals surface area contributed by atoms with Gasteiger partial charge in [-0.1, -0.05) is 0 Å². The van der Waals surface area contributed by atoms with Crippen LogP contribution >= 0.6 is 0 Å². The minimum atomic E-state index is 0.622. The summed E-state index contributed by atoms with van der Waals surface area (Å²) in [5, 5.41) is 3.29. The predicted octanol–water partition coefficient (Wildman–Crippen LogP) is 2.12. The zero-order chi connectivity index (χ0) is 11.8. The Morgan fingerprint density at radius 2 is 2.19 bits per heavy atom. The molecule has 3 N–H and O–H groups in total. The maximum Gasteiger partial charge on any atom is 0.144 e. The molecule has 0 aliphatic heterocycles. The molecule has 0 atom stereocenters. The van der Waals surface area contributed by atoms with E-state index in [1.54, 1.807) is 7.11 Å². The normalized spacial score (nSPS) is 10.1. The van der Waals surface area contributed by atoms with Crippen LogP contribution in [0.3, 0.4) is 0 Å². The number of benzene rings is 1. The van der Waals surface area contributed by atoms with Crippen molar-refractivity contribution in [2.24, 2.45) is 0 Å². The van der Waals surface area contributed by atoms with E-state index in [0.29, 0.717) is 12.3 Å². The molecule has 0 bridgehead atoms. The van der Waals surface area contributed by atoms with Crippen molar-refractivity contribution in [3.05, 3.63) is 18.2 Å². The Morgan fingerprint density at radius 1 is 1.38 bits per heavy atom. The standard InChI is InChI=1S/C12H20N2O2/c1-3-16-12-9-10(5-6-11(12)13)14-7-4-8-15-2/h5-6,9,14H,3-4,7-8,13H2,1-2H3. The first kappa shape index (κ1) is 12.6. The van der Waals surface area contributed by atoms with Crippen LogP contribution in [0.4, 0.5) is 11.4 Å². The van der Waals surface area contributed by atoms with Crippen LogP contribution in [-0.2, 0) is 4.74 Å². The number of nitrogens with one attached hydrogen (secondary N) is 1. The van der Waals surface area contributed by atoms with Gasteiger partial charge in [0.2, 0.25) is 0 Å². The molecule has 0 aliphatic rings. The molecule has 0 aromatic heterocycles. The van der Waals surface area contributed by atoms with E-state index in [1.807, 2.05) is 25.1 Å². The summed E-state index contributed by atoms with van der Waals surface area (Å²) in [6.45, 7) is 4.21. The Bertz CT molecular complexity index is 316. The lowest BCUT2D eigenvalue weighted by atomic mass is 10.2. The second-order valence-corrected chi connectivity index (χ2v) is 3.46. The topological polar surface area (TPSA) is 56.5 Å². The molecule has 0 amide bonds. The van der Waals surface area contributed by atoms with Gasteiger partial charge in [-0.15, -0.1) is 0 Å². The number of hydrogen-bond donors (Lipinski definition) is 2. The maximum atomic E-state index is 5.78. The van der Waals surface area contributed by atoms with Crippen molar-refractivity contribution in [2.45, 2.75) is 13.3 Å². The minimum Gasteiger partial charge on any atom is -0.492 e. The highest BCUT2D eigenvalue weighted by Gasteiger charge is 2.01. The maximum absolute atomic E-state index is 5.78. The number of ether oxygens (including phenoxy) is 2. The highest BCUT2D eigenvalue weighted by Crippen LogP contribution is 2.25. The molecule has 0 unspecified atom stereocenters. The number of rotatable bonds is 7. The van der Waals surface area contributed by atoms with Gasteiger partial charge in [0.15, 0.2) is 0 Å². The minimum absolute atomic E-state index is 0.622. The first-order chi connectivity index (χ1) is 7.77. The third-order valence-electron chi connectivity index (χ3n) is 2.17. The fourth-order valence-electron chi connectivity index (χ4n) is 1.37.